The molecule has 0 amide bonds. The van der Waals surface area contributed by atoms with Gasteiger partial charge in [-0.3, -0.25) is 9.59 Å². The first-order valence-corrected chi connectivity index (χ1v) is 37.3. The van der Waals surface area contributed by atoms with Crippen LogP contribution in [0.25, 0.3) is 0 Å². The lowest BCUT2D eigenvalue weighted by atomic mass is 10.0. The number of hydrogen-bond acceptors (Lipinski definition) is 8. The highest BCUT2D eigenvalue weighted by molar-refractivity contribution is 5.70. The smallest absolute Gasteiger partial charge is 0.306 e. The molecule has 0 saturated heterocycles. The van der Waals surface area contributed by atoms with Crippen LogP contribution in [-0.2, 0) is 33.3 Å². The van der Waals surface area contributed by atoms with Crippen LogP contribution >= 0.6 is 0 Å². The van der Waals surface area contributed by atoms with E-state index in [-0.39, 0.29) is 32.2 Å². The highest BCUT2D eigenvalue weighted by atomic mass is 16.7. The average molecular weight is 1210 g/mol. The SMILES string of the molecule is CC/C=C\C/C=C\C/C=C\C/C=C\CCCCCCCCCCC(=O)OC(COC(=O)CCCCCCCCCCCCCCCCCCCCCCCCCCCCCCCCCCCCCCCCCC)COC(OCC[N+](C)(C)C)C(=O)[O-]. The number of carbonyl (C=O) groups excluding carboxylic acids is 3. The number of carboxylic acid groups (broad SMARTS) is 1. The Morgan fingerprint density at radius 2 is 0.663 bits per heavy atom. The fourth-order valence-corrected chi connectivity index (χ4v) is 11.2. The lowest BCUT2D eigenvalue weighted by Crippen LogP contribution is -2.44. The largest absolute Gasteiger partial charge is 0.545 e. The maximum Gasteiger partial charge on any atom is 0.306 e. The Hall–Kier alpha value is -2.75. The van der Waals surface area contributed by atoms with Crippen molar-refractivity contribution in [2.75, 3.05) is 47.5 Å². The minimum atomic E-state index is -1.62. The van der Waals surface area contributed by atoms with Crippen molar-refractivity contribution in [1.82, 2.24) is 0 Å². The van der Waals surface area contributed by atoms with Gasteiger partial charge < -0.3 is 33.3 Å². The predicted octanol–water partition coefficient (Wildman–Crippen LogP) is 22.0. The fraction of sp³-hybridized carbons (Fsp3) is 0.857. The number of hydrogen-bond donors (Lipinski definition) is 0. The summed E-state index contributed by atoms with van der Waals surface area (Å²) in [5, 5.41) is 11.8. The van der Waals surface area contributed by atoms with Crippen LogP contribution in [0.2, 0.25) is 0 Å². The Morgan fingerprint density at radius 3 is 0.988 bits per heavy atom. The third kappa shape index (κ3) is 68.7. The van der Waals surface area contributed by atoms with Crippen molar-refractivity contribution in [1.29, 1.82) is 0 Å². The van der Waals surface area contributed by atoms with Gasteiger partial charge in [-0.15, -0.1) is 0 Å². The second kappa shape index (κ2) is 68.2. The topological polar surface area (TPSA) is 111 Å². The van der Waals surface area contributed by atoms with Crippen molar-refractivity contribution in [3.63, 3.8) is 0 Å². The van der Waals surface area contributed by atoms with Gasteiger partial charge in [-0.25, -0.2) is 0 Å². The molecular formula is C77H143NO8. The lowest BCUT2D eigenvalue weighted by Gasteiger charge is -2.26. The maximum atomic E-state index is 12.9. The van der Waals surface area contributed by atoms with Crippen LogP contribution in [0.3, 0.4) is 0 Å². The number of quaternary nitrogens is 1. The molecule has 0 aliphatic rings. The second-order valence-electron chi connectivity index (χ2n) is 26.6. The molecule has 0 rings (SSSR count). The zero-order chi connectivity index (χ0) is 62.6. The Labute approximate surface area is 533 Å². The normalized spacial score (nSPS) is 12.9. The summed E-state index contributed by atoms with van der Waals surface area (Å²) in [6.45, 7) is 4.68. The van der Waals surface area contributed by atoms with Crippen LogP contribution in [0, 0.1) is 0 Å². The molecule has 2 atom stereocenters. The third-order valence-corrected chi connectivity index (χ3v) is 16.8. The first-order chi connectivity index (χ1) is 42.1. The number of carboxylic acids is 1. The highest BCUT2D eigenvalue weighted by Crippen LogP contribution is 2.19. The van der Waals surface area contributed by atoms with Gasteiger partial charge in [0.15, 0.2) is 12.4 Å². The number of ether oxygens (including phenoxy) is 4. The van der Waals surface area contributed by atoms with Crippen LogP contribution in [0.4, 0.5) is 0 Å². The molecule has 0 aliphatic heterocycles. The molecule has 0 heterocycles. The van der Waals surface area contributed by atoms with E-state index in [0.29, 0.717) is 23.9 Å². The summed E-state index contributed by atoms with van der Waals surface area (Å²) in [5.74, 6) is -2.27. The molecule has 2 unspecified atom stereocenters. The highest BCUT2D eigenvalue weighted by Gasteiger charge is 2.22. The molecule has 9 heteroatoms. The number of unbranched alkanes of at least 4 members (excludes halogenated alkanes) is 47. The summed E-state index contributed by atoms with van der Waals surface area (Å²) in [6.07, 6.45) is 85.2. The van der Waals surface area contributed by atoms with Gasteiger partial charge in [0.05, 0.1) is 40.3 Å². The van der Waals surface area contributed by atoms with Gasteiger partial charge in [0.25, 0.3) is 0 Å². The van der Waals surface area contributed by atoms with Crippen molar-refractivity contribution in [2.24, 2.45) is 0 Å². The average Bonchev–Trinajstić information content (AvgIpc) is 3.64. The van der Waals surface area contributed by atoms with Crippen molar-refractivity contribution in [3.05, 3.63) is 48.6 Å². The quantitative estimate of drug-likeness (QED) is 0.0195. The number of nitrogens with zero attached hydrogens (tertiary/aromatic N) is 1. The molecule has 9 nitrogen and oxygen atoms in total. The summed E-state index contributed by atoms with van der Waals surface area (Å²) in [4.78, 5) is 37.5. The van der Waals surface area contributed by atoms with Gasteiger partial charge in [-0.05, 0) is 51.4 Å². The number of esters is 2. The summed E-state index contributed by atoms with van der Waals surface area (Å²) in [7, 11) is 5.93. The molecule has 0 bridgehead atoms. The van der Waals surface area contributed by atoms with Gasteiger partial charge in [0.2, 0.25) is 0 Å². The number of aliphatic carboxylic acids is 1. The van der Waals surface area contributed by atoms with Crippen LogP contribution in [0.15, 0.2) is 48.6 Å². The minimum absolute atomic E-state index is 0.146. The predicted molar refractivity (Wildman–Crippen MR) is 366 cm³/mol. The zero-order valence-electron chi connectivity index (χ0n) is 57.7. The molecule has 0 aromatic heterocycles. The Bertz CT molecular complexity index is 1550. The number of allylic oxidation sites excluding steroid dienone is 8. The van der Waals surface area contributed by atoms with Gasteiger partial charge >= 0.3 is 11.9 Å². The van der Waals surface area contributed by atoms with Crippen LogP contribution in [0.1, 0.15) is 367 Å². The Morgan fingerprint density at radius 1 is 0.360 bits per heavy atom. The van der Waals surface area contributed by atoms with E-state index in [4.69, 9.17) is 18.9 Å². The summed E-state index contributed by atoms with van der Waals surface area (Å²) in [5.41, 5.74) is 0. The van der Waals surface area contributed by atoms with Gasteiger partial charge in [-0.1, -0.05) is 351 Å². The molecule has 0 aromatic carbocycles. The second-order valence-corrected chi connectivity index (χ2v) is 26.6. The van der Waals surface area contributed by atoms with Gasteiger partial charge in [-0.2, -0.15) is 0 Å². The molecule has 0 fully saturated rings. The maximum absolute atomic E-state index is 12.9. The van der Waals surface area contributed by atoms with Crippen molar-refractivity contribution in [2.45, 2.75) is 379 Å². The third-order valence-electron chi connectivity index (χ3n) is 16.8. The molecule has 0 radical (unpaired) electrons. The lowest BCUT2D eigenvalue weighted by molar-refractivity contribution is -0.870. The molecule has 504 valence electrons. The van der Waals surface area contributed by atoms with Crippen molar-refractivity contribution in [3.8, 4) is 0 Å². The van der Waals surface area contributed by atoms with E-state index in [1.807, 2.05) is 21.1 Å². The van der Waals surface area contributed by atoms with Gasteiger partial charge in [0, 0.05) is 12.8 Å². The van der Waals surface area contributed by atoms with E-state index >= 15 is 0 Å². The van der Waals surface area contributed by atoms with Crippen LogP contribution < -0.4 is 5.11 Å². The molecule has 86 heavy (non-hydrogen) atoms. The fourth-order valence-electron chi connectivity index (χ4n) is 11.2. The van der Waals surface area contributed by atoms with Crippen molar-refractivity contribution >= 4 is 17.9 Å². The number of carbonyl (C=O) groups is 3. The van der Waals surface area contributed by atoms with Crippen LogP contribution in [0.5, 0.6) is 0 Å². The molecule has 0 N–H and O–H groups in total. The summed E-state index contributed by atoms with van der Waals surface area (Å²) in [6, 6.07) is 0. The first-order valence-electron chi connectivity index (χ1n) is 37.3. The summed E-state index contributed by atoms with van der Waals surface area (Å²) < 4.78 is 22.8. The van der Waals surface area contributed by atoms with Gasteiger partial charge in [0.1, 0.15) is 13.2 Å². The number of likely N-dealkylation sites (N-methyl/N-ethyl adjacent to an activating group) is 1. The monoisotopic (exact) mass is 1210 g/mol. The van der Waals surface area contributed by atoms with Crippen molar-refractivity contribution < 1.29 is 42.9 Å². The molecule has 0 spiro atoms. The zero-order valence-corrected chi connectivity index (χ0v) is 57.7. The number of rotatable bonds is 70. The molecule has 0 aromatic rings. The van der Waals surface area contributed by atoms with E-state index in [9.17, 15) is 19.5 Å². The molecular weight excluding hydrogens is 1070 g/mol. The van der Waals surface area contributed by atoms with E-state index < -0.39 is 24.3 Å². The van der Waals surface area contributed by atoms with Crippen LogP contribution in [-0.4, -0.2) is 82.3 Å². The first kappa shape index (κ1) is 83.2. The summed E-state index contributed by atoms with van der Waals surface area (Å²) >= 11 is 0. The van der Waals surface area contributed by atoms with E-state index in [1.165, 1.54) is 263 Å². The van der Waals surface area contributed by atoms with E-state index in [2.05, 4.69) is 62.5 Å². The Kier molecular flexibility index (Phi) is 66.0. The molecule has 0 saturated carbocycles. The molecule has 0 aliphatic carbocycles. The van der Waals surface area contributed by atoms with E-state index in [1.54, 1.807) is 0 Å². The minimum Gasteiger partial charge on any atom is -0.545 e. The van der Waals surface area contributed by atoms with E-state index in [0.717, 1.165) is 70.6 Å². The standard InChI is InChI=1S/C77H143NO8/c1-6-8-10-12-14-16-18-20-22-24-26-28-29-30-31-32-33-34-35-36-37-38-39-40-41-42-43-44-45-46-48-49-51-53-55-57-59-61-63-65-67-74(79)84-71-73(72-85-77(76(81)82)83-70-69-78(3,4)5)86-75(80)68-66-64-62-60-58-56-54-52-50-47-27-25-23-21-19-17-15-13-11-9-7-2/h9,11,15,17,21,23,27,47,73,77H,6-8,10,12-14,16,18-20,22,24-26,28-46,48-72H2,1-5H3/b11-9-,17-15-,23-21-,47-27-. The Balaban J connectivity index is 3.93.